The minimum atomic E-state index is -3.64. The quantitative estimate of drug-likeness (QED) is 0.575. The van der Waals surface area contributed by atoms with E-state index in [-0.39, 0.29) is 4.21 Å². The van der Waals surface area contributed by atoms with Gasteiger partial charge in [-0.2, -0.15) is 0 Å². The standard InChI is InChI=1S/C20H28N4O2S2/c1-3-15-14-24(12-11-18(15)16-7-5-4-6-8-16)20(22-2)23-13-17-9-10-19(27-17)28(21,25)26/h4-10,15,18H,3,11-14H2,1-2H3,(H,22,23)(H2,21,25,26). The lowest BCUT2D eigenvalue weighted by Gasteiger charge is -2.40. The number of nitrogens with zero attached hydrogens (tertiary/aromatic N) is 2. The third kappa shape index (κ3) is 4.92. The second-order valence-electron chi connectivity index (χ2n) is 7.09. The molecule has 0 aliphatic carbocycles. The summed E-state index contributed by atoms with van der Waals surface area (Å²) in [5, 5.41) is 8.56. The fourth-order valence-electron chi connectivity index (χ4n) is 3.88. The van der Waals surface area contributed by atoms with E-state index in [1.165, 1.54) is 16.9 Å². The van der Waals surface area contributed by atoms with Crippen LogP contribution >= 0.6 is 11.3 Å². The Labute approximate surface area is 171 Å². The largest absolute Gasteiger partial charge is 0.351 e. The van der Waals surface area contributed by atoms with E-state index in [9.17, 15) is 8.42 Å². The smallest absolute Gasteiger partial charge is 0.247 e. The van der Waals surface area contributed by atoms with Gasteiger partial charge in [-0.15, -0.1) is 11.3 Å². The lowest BCUT2D eigenvalue weighted by molar-refractivity contribution is 0.215. The van der Waals surface area contributed by atoms with Gasteiger partial charge in [0.15, 0.2) is 5.96 Å². The highest BCUT2D eigenvalue weighted by Crippen LogP contribution is 2.34. The highest BCUT2D eigenvalue weighted by molar-refractivity contribution is 7.91. The fourth-order valence-corrected chi connectivity index (χ4v) is 5.60. The molecule has 2 atom stereocenters. The van der Waals surface area contributed by atoms with Gasteiger partial charge in [-0.25, -0.2) is 13.6 Å². The van der Waals surface area contributed by atoms with Crippen molar-refractivity contribution >= 4 is 27.3 Å². The van der Waals surface area contributed by atoms with Crippen LogP contribution in [-0.2, 0) is 16.6 Å². The van der Waals surface area contributed by atoms with Gasteiger partial charge in [-0.05, 0) is 36.0 Å². The summed E-state index contributed by atoms with van der Waals surface area (Å²) in [4.78, 5) is 7.66. The van der Waals surface area contributed by atoms with Crippen LogP contribution in [0.2, 0.25) is 0 Å². The highest BCUT2D eigenvalue weighted by Gasteiger charge is 2.30. The highest BCUT2D eigenvalue weighted by atomic mass is 32.2. The van der Waals surface area contributed by atoms with Crippen molar-refractivity contribution < 1.29 is 8.42 Å². The topological polar surface area (TPSA) is 87.8 Å². The number of hydrogen-bond acceptors (Lipinski definition) is 4. The molecular formula is C20H28N4O2S2. The molecule has 2 aromatic rings. The van der Waals surface area contributed by atoms with E-state index >= 15 is 0 Å². The second kappa shape index (κ2) is 9.07. The lowest BCUT2D eigenvalue weighted by atomic mass is 9.79. The SMILES string of the molecule is CCC1CN(C(=NC)NCc2ccc(S(N)(=O)=O)s2)CCC1c1ccccc1. The number of nitrogens with one attached hydrogen (secondary N) is 1. The minimum absolute atomic E-state index is 0.189. The molecule has 3 rings (SSSR count). The molecule has 152 valence electrons. The number of benzene rings is 1. The molecule has 0 amide bonds. The molecule has 28 heavy (non-hydrogen) atoms. The number of hydrogen-bond donors (Lipinski definition) is 2. The van der Waals surface area contributed by atoms with Gasteiger partial charge >= 0.3 is 0 Å². The molecule has 0 bridgehead atoms. The molecule has 1 aliphatic heterocycles. The summed E-state index contributed by atoms with van der Waals surface area (Å²) < 4.78 is 23.1. The first-order chi connectivity index (χ1) is 13.4. The van der Waals surface area contributed by atoms with E-state index in [0.29, 0.717) is 18.4 Å². The van der Waals surface area contributed by atoms with E-state index in [1.54, 1.807) is 19.2 Å². The molecular weight excluding hydrogens is 392 g/mol. The number of sulfonamides is 1. The first kappa shape index (κ1) is 20.8. The number of thiophene rings is 1. The summed E-state index contributed by atoms with van der Waals surface area (Å²) in [6, 6.07) is 14.1. The van der Waals surface area contributed by atoms with Gasteiger partial charge in [0.25, 0.3) is 0 Å². The molecule has 2 unspecified atom stereocenters. The molecule has 0 radical (unpaired) electrons. The van der Waals surface area contributed by atoms with Crippen molar-refractivity contribution in [3.05, 3.63) is 52.9 Å². The number of aliphatic imine (C=N–C) groups is 1. The normalized spacial score (nSPS) is 21.0. The Bertz CT molecular complexity index is 909. The van der Waals surface area contributed by atoms with Gasteiger partial charge < -0.3 is 10.2 Å². The number of rotatable bonds is 5. The van der Waals surface area contributed by atoms with Crippen molar-refractivity contribution in [1.82, 2.24) is 10.2 Å². The van der Waals surface area contributed by atoms with Gasteiger partial charge in [0.1, 0.15) is 4.21 Å². The minimum Gasteiger partial charge on any atom is -0.351 e. The molecule has 0 spiro atoms. The summed E-state index contributed by atoms with van der Waals surface area (Å²) in [6.07, 6.45) is 2.22. The summed E-state index contributed by atoms with van der Waals surface area (Å²) in [6.45, 7) is 4.69. The van der Waals surface area contributed by atoms with Crippen LogP contribution in [0.4, 0.5) is 0 Å². The van der Waals surface area contributed by atoms with Crippen LogP contribution in [0.5, 0.6) is 0 Å². The van der Waals surface area contributed by atoms with Gasteiger partial charge in [-0.1, -0.05) is 43.7 Å². The zero-order chi connectivity index (χ0) is 20.1. The lowest BCUT2D eigenvalue weighted by Crippen LogP contribution is -2.48. The second-order valence-corrected chi connectivity index (χ2v) is 10.0. The Morgan fingerprint density at radius 2 is 2.04 bits per heavy atom. The number of primary sulfonamides is 1. The maximum absolute atomic E-state index is 11.4. The van der Waals surface area contributed by atoms with Crippen LogP contribution in [0, 0.1) is 5.92 Å². The van der Waals surface area contributed by atoms with E-state index in [4.69, 9.17) is 5.14 Å². The van der Waals surface area contributed by atoms with E-state index in [0.717, 1.165) is 36.8 Å². The summed E-state index contributed by atoms with van der Waals surface area (Å²) in [5.74, 6) is 2.01. The molecule has 6 nitrogen and oxygen atoms in total. The van der Waals surface area contributed by atoms with Crippen molar-refractivity contribution in [2.24, 2.45) is 16.0 Å². The number of piperidine rings is 1. The molecule has 1 aromatic heterocycles. The zero-order valence-corrected chi connectivity index (χ0v) is 18.0. The van der Waals surface area contributed by atoms with Gasteiger partial charge in [-0.3, -0.25) is 4.99 Å². The molecule has 1 aliphatic rings. The van der Waals surface area contributed by atoms with Gasteiger partial charge in [0.05, 0.1) is 6.54 Å². The first-order valence-corrected chi connectivity index (χ1v) is 11.9. The third-order valence-electron chi connectivity index (χ3n) is 5.34. The average Bonchev–Trinajstić information content (AvgIpc) is 3.18. The zero-order valence-electron chi connectivity index (χ0n) is 16.3. The van der Waals surface area contributed by atoms with Gasteiger partial charge in [0, 0.05) is 25.0 Å². The summed E-state index contributed by atoms with van der Waals surface area (Å²) in [5.41, 5.74) is 1.42. The Kier molecular flexibility index (Phi) is 6.74. The summed E-state index contributed by atoms with van der Waals surface area (Å²) >= 11 is 1.19. The van der Waals surface area contributed by atoms with Crippen LogP contribution in [0.1, 0.15) is 36.1 Å². The molecule has 1 aromatic carbocycles. The molecule has 1 saturated heterocycles. The number of nitrogens with two attached hydrogens (primary N) is 1. The predicted octanol–water partition coefficient (Wildman–Crippen LogP) is 2.99. The van der Waals surface area contributed by atoms with Crippen LogP contribution in [0.15, 0.2) is 51.7 Å². The maximum atomic E-state index is 11.4. The monoisotopic (exact) mass is 420 g/mol. The molecule has 2 heterocycles. The van der Waals surface area contributed by atoms with E-state index < -0.39 is 10.0 Å². The van der Waals surface area contributed by atoms with E-state index in [2.05, 4.69) is 52.5 Å². The molecule has 3 N–H and O–H groups in total. The number of guanidine groups is 1. The van der Waals surface area contributed by atoms with E-state index in [1.807, 2.05) is 0 Å². The predicted molar refractivity (Wildman–Crippen MR) is 115 cm³/mol. The average molecular weight is 421 g/mol. The third-order valence-corrected chi connectivity index (χ3v) is 7.86. The van der Waals surface area contributed by atoms with Crippen LogP contribution < -0.4 is 10.5 Å². The van der Waals surface area contributed by atoms with Gasteiger partial charge in [0.2, 0.25) is 10.0 Å². The molecule has 8 heteroatoms. The van der Waals surface area contributed by atoms with Crippen molar-refractivity contribution in [1.29, 1.82) is 0 Å². The molecule has 1 fully saturated rings. The van der Waals surface area contributed by atoms with Crippen molar-refractivity contribution in [3.63, 3.8) is 0 Å². The van der Waals surface area contributed by atoms with Crippen LogP contribution in [0.25, 0.3) is 0 Å². The first-order valence-electron chi connectivity index (χ1n) is 9.54. The Morgan fingerprint density at radius 3 is 2.64 bits per heavy atom. The Balaban J connectivity index is 1.63. The Morgan fingerprint density at radius 1 is 1.29 bits per heavy atom. The fraction of sp³-hybridized carbons (Fsp3) is 0.450. The Hall–Kier alpha value is -1.90. The summed E-state index contributed by atoms with van der Waals surface area (Å²) in [7, 11) is -1.85. The van der Waals surface area contributed by atoms with Crippen LogP contribution in [0.3, 0.4) is 0 Å². The maximum Gasteiger partial charge on any atom is 0.247 e. The van der Waals surface area contributed by atoms with Crippen molar-refractivity contribution in [3.8, 4) is 0 Å². The van der Waals surface area contributed by atoms with Crippen LogP contribution in [-0.4, -0.2) is 39.4 Å². The van der Waals surface area contributed by atoms with Crippen molar-refractivity contribution in [2.45, 2.75) is 36.4 Å². The number of likely N-dealkylation sites (tertiary alicyclic amines) is 1. The van der Waals surface area contributed by atoms with Crippen molar-refractivity contribution in [2.75, 3.05) is 20.1 Å². The molecule has 0 saturated carbocycles.